The van der Waals surface area contributed by atoms with E-state index in [0.717, 1.165) is 36.9 Å². The number of anilines is 1. The van der Waals surface area contributed by atoms with Gasteiger partial charge in [-0.15, -0.1) is 0 Å². The van der Waals surface area contributed by atoms with Crippen molar-refractivity contribution in [1.29, 1.82) is 0 Å². The summed E-state index contributed by atoms with van der Waals surface area (Å²) in [6.45, 7) is 1.51. The molecule has 9 heteroatoms. The molecular formula is C21H23ClN4O3S. The van der Waals surface area contributed by atoms with Crippen molar-refractivity contribution >= 4 is 27.3 Å². The lowest BCUT2D eigenvalue weighted by molar-refractivity contribution is 0.384. The maximum absolute atomic E-state index is 12.9. The van der Waals surface area contributed by atoms with Crippen LogP contribution >= 0.6 is 11.6 Å². The fourth-order valence-corrected chi connectivity index (χ4v) is 5.13. The molecule has 1 saturated heterocycles. The molecule has 0 aliphatic carbocycles. The van der Waals surface area contributed by atoms with Crippen LogP contribution in [0.3, 0.4) is 0 Å². The predicted molar refractivity (Wildman–Crippen MR) is 116 cm³/mol. The molecule has 1 aliphatic rings. The lowest BCUT2D eigenvalue weighted by atomic mass is 10.2. The van der Waals surface area contributed by atoms with Gasteiger partial charge in [-0.1, -0.05) is 41.7 Å². The number of sulfonamides is 1. The number of aromatic nitrogens is 2. The quantitative estimate of drug-likeness (QED) is 0.596. The van der Waals surface area contributed by atoms with Gasteiger partial charge in [0.25, 0.3) is 0 Å². The van der Waals surface area contributed by atoms with Crippen LogP contribution in [-0.2, 0) is 16.6 Å². The van der Waals surface area contributed by atoms with Crippen molar-refractivity contribution in [1.82, 2.24) is 14.4 Å². The molecule has 4 rings (SSSR count). The summed E-state index contributed by atoms with van der Waals surface area (Å²) in [5, 5.41) is 7.75. The molecule has 1 aliphatic heterocycles. The van der Waals surface area contributed by atoms with Crippen molar-refractivity contribution in [2.24, 2.45) is 0 Å². The molecule has 0 amide bonds. The van der Waals surface area contributed by atoms with E-state index in [2.05, 4.69) is 15.5 Å². The molecule has 0 saturated carbocycles. The smallest absolute Gasteiger partial charge is 0.246 e. The Labute approximate surface area is 181 Å². The highest BCUT2D eigenvalue weighted by molar-refractivity contribution is 7.89. The molecule has 2 aromatic carbocycles. The van der Waals surface area contributed by atoms with E-state index < -0.39 is 10.0 Å². The molecule has 0 bridgehead atoms. The van der Waals surface area contributed by atoms with Gasteiger partial charge in [0.1, 0.15) is 0 Å². The van der Waals surface area contributed by atoms with Gasteiger partial charge in [0, 0.05) is 29.4 Å². The Morgan fingerprint density at radius 2 is 1.77 bits per heavy atom. The first-order chi connectivity index (χ1) is 14.5. The van der Waals surface area contributed by atoms with E-state index in [-0.39, 0.29) is 0 Å². The van der Waals surface area contributed by atoms with Gasteiger partial charge < -0.3 is 9.84 Å². The number of benzene rings is 2. The molecule has 2 heterocycles. The zero-order valence-corrected chi connectivity index (χ0v) is 18.0. The summed E-state index contributed by atoms with van der Waals surface area (Å²) in [5.41, 5.74) is 1.55. The zero-order valence-electron chi connectivity index (χ0n) is 16.4. The highest BCUT2D eigenvalue weighted by atomic mass is 35.5. The van der Waals surface area contributed by atoms with Crippen molar-refractivity contribution in [3.63, 3.8) is 0 Å². The number of hydrogen-bond acceptors (Lipinski definition) is 6. The van der Waals surface area contributed by atoms with Crippen molar-refractivity contribution in [2.45, 2.75) is 37.1 Å². The van der Waals surface area contributed by atoms with Gasteiger partial charge in [0.15, 0.2) is 0 Å². The summed E-state index contributed by atoms with van der Waals surface area (Å²) in [6.07, 6.45) is 4.01. The Morgan fingerprint density at radius 3 is 2.47 bits per heavy atom. The molecule has 7 nitrogen and oxygen atoms in total. The van der Waals surface area contributed by atoms with Crippen LogP contribution in [0.1, 0.15) is 31.6 Å². The maximum Gasteiger partial charge on any atom is 0.246 e. The average molecular weight is 447 g/mol. The summed E-state index contributed by atoms with van der Waals surface area (Å²) >= 11 is 6.00. The first-order valence-corrected chi connectivity index (χ1v) is 11.8. The van der Waals surface area contributed by atoms with Crippen LogP contribution < -0.4 is 5.32 Å². The SMILES string of the molecule is O=S(=O)(c1ccc(NCc2nc(-c3cccc(Cl)c3)no2)cc1)N1CCCCCC1. The van der Waals surface area contributed by atoms with E-state index >= 15 is 0 Å². The van der Waals surface area contributed by atoms with Crippen LogP contribution in [0.2, 0.25) is 5.02 Å². The molecule has 0 spiro atoms. The average Bonchev–Trinajstić information content (AvgIpc) is 3.05. The number of rotatable bonds is 6. The third-order valence-electron chi connectivity index (χ3n) is 5.05. The van der Waals surface area contributed by atoms with Gasteiger partial charge in [-0.25, -0.2) is 8.42 Å². The monoisotopic (exact) mass is 446 g/mol. The van der Waals surface area contributed by atoms with Gasteiger partial charge in [0.2, 0.25) is 21.7 Å². The molecule has 0 atom stereocenters. The first kappa shape index (κ1) is 20.8. The standard InChI is InChI=1S/C21H23ClN4O3S/c22-17-7-5-6-16(14-17)21-24-20(29-25-21)15-23-18-8-10-19(11-9-18)30(27,28)26-12-3-1-2-4-13-26/h5-11,14,23H,1-4,12-13,15H2. The number of nitrogens with one attached hydrogen (secondary N) is 1. The molecule has 3 aromatic rings. The number of hydrogen-bond donors (Lipinski definition) is 1. The van der Waals surface area contributed by atoms with Gasteiger partial charge in [-0.2, -0.15) is 9.29 Å². The summed E-state index contributed by atoms with van der Waals surface area (Å²) in [6, 6.07) is 14.0. The highest BCUT2D eigenvalue weighted by Crippen LogP contribution is 2.23. The summed E-state index contributed by atoms with van der Waals surface area (Å²) in [7, 11) is -3.45. The Morgan fingerprint density at radius 1 is 1.03 bits per heavy atom. The van der Waals surface area contributed by atoms with Gasteiger partial charge in [-0.3, -0.25) is 0 Å². The Bertz CT molecular complexity index is 1090. The second-order valence-corrected chi connectivity index (χ2v) is 9.59. The first-order valence-electron chi connectivity index (χ1n) is 9.95. The summed E-state index contributed by atoms with van der Waals surface area (Å²) in [4.78, 5) is 4.68. The molecule has 30 heavy (non-hydrogen) atoms. The maximum atomic E-state index is 12.9. The minimum atomic E-state index is -3.45. The number of nitrogens with zero attached hydrogens (tertiary/aromatic N) is 3. The molecule has 1 fully saturated rings. The third-order valence-corrected chi connectivity index (χ3v) is 7.20. The molecular weight excluding hydrogens is 424 g/mol. The van der Waals surface area contributed by atoms with Crippen molar-refractivity contribution in [3.8, 4) is 11.4 Å². The van der Waals surface area contributed by atoms with Gasteiger partial charge in [0.05, 0.1) is 11.4 Å². The van der Waals surface area contributed by atoms with E-state index in [4.69, 9.17) is 16.1 Å². The Hall–Kier alpha value is -2.42. The third kappa shape index (κ3) is 4.83. The van der Waals surface area contributed by atoms with E-state index in [9.17, 15) is 8.42 Å². The van der Waals surface area contributed by atoms with Crippen LogP contribution in [-0.4, -0.2) is 36.0 Å². The normalized spacial score (nSPS) is 15.6. The molecule has 1 N–H and O–H groups in total. The molecule has 0 radical (unpaired) electrons. The molecule has 1 aromatic heterocycles. The number of halogens is 1. The summed E-state index contributed by atoms with van der Waals surface area (Å²) < 4.78 is 32.6. The van der Waals surface area contributed by atoms with Crippen LogP contribution in [0, 0.1) is 0 Å². The van der Waals surface area contributed by atoms with Crippen LogP contribution in [0.5, 0.6) is 0 Å². The molecule has 158 valence electrons. The lowest BCUT2D eigenvalue weighted by Crippen LogP contribution is -2.31. The van der Waals surface area contributed by atoms with Crippen LogP contribution in [0.25, 0.3) is 11.4 Å². The second-order valence-electron chi connectivity index (χ2n) is 7.22. The van der Waals surface area contributed by atoms with E-state index in [0.29, 0.717) is 41.3 Å². The fraction of sp³-hybridized carbons (Fsp3) is 0.333. The van der Waals surface area contributed by atoms with E-state index in [1.165, 1.54) is 0 Å². The topological polar surface area (TPSA) is 88.3 Å². The van der Waals surface area contributed by atoms with Crippen molar-refractivity contribution in [3.05, 3.63) is 59.4 Å². The van der Waals surface area contributed by atoms with Gasteiger partial charge >= 0.3 is 0 Å². The van der Waals surface area contributed by atoms with E-state index in [1.54, 1.807) is 40.7 Å². The largest absolute Gasteiger partial charge is 0.376 e. The Kier molecular flexibility index (Phi) is 6.36. The lowest BCUT2D eigenvalue weighted by Gasteiger charge is -2.20. The summed E-state index contributed by atoms with van der Waals surface area (Å²) in [5.74, 6) is 0.888. The van der Waals surface area contributed by atoms with Crippen LogP contribution in [0.15, 0.2) is 57.9 Å². The fourth-order valence-electron chi connectivity index (χ4n) is 3.43. The molecule has 0 unspecified atom stereocenters. The second kappa shape index (κ2) is 9.16. The predicted octanol–water partition coefficient (Wildman–Crippen LogP) is 4.57. The minimum absolute atomic E-state index is 0.316. The minimum Gasteiger partial charge on any atom is -0.376 e. The van der Waals surface area contributed by atoms with E-state index in [1.807, 2.05) is 12.1 Å². The van der Waals surface area contributed by atoms with Crippen molar-refractivity contribution < 1.29 is 12.9 Å². The Balaban J connectivity index is 1.39. The highest BCUT2D eigenvalue weighted by Gasteiger charge is 2.24. The van der Waals surface area contributed by atoms with Gasteiger partial charge in [-0.05, 0) is 49.2 Å². The van der Waals surface area contributed by atoms with Crippen LogP contribution in [0.4, 0.5) is 5.69 Å². The zero-order chi connectivity index (χ0) is 21.0. The van der Waals surface area contributed by atoms with Crippen molar-refractivity contribution in [2.75, 3.05) is 18.4 Å².